The van der Waals surface area contributed by atoms with Crippen LogP contribution in [0.3, 0.4) is 0 Å². The highest BCUT2D eigenvalue weighted by Gasteiger charge is 2.60. The first-order valence-electron chi connectivity index (χ1n) is 12.9. The van der Waals surface area contributed by atoms with Crippen LogP contribution in [-0.4, -0.2) is 54.6 Å². The lowest BCUT2D eigenvalue weighted by molar-refractivity contribution is -0.193. The monoisotopic (exact) mass is 585 g/mol. The summed E-state index contributed by atoms with van der Waals surface area (Å²) in [5.74, 6) is -3.12. The second kappa shape index (κ2) is 10.7. The van der Waals surface area contributed by atoms with Crippen LogP contribution in [0.2, 0.25) is 0 Å². The molecule has 224 valence electrons. The second-order valence-electron chi connectivity index (χ2n) is 11.0. The number of halogens is 6. The molecule has 0 amide bonds. The number of anilines is 2. The highest BCUT2D eigenvalue weighted by molar-refractivity contribution is 5.92. The Morgan fingerprint density at radius 1 is 1.07 bits per heavy atom. The SMILES string of the molecule is COc1cc2nc(C)nc(N[C@H](C)c3cc(N)cc(C(F)(F)F)c3F)c2cc1OCC1([C@@H](C)N(C)C)CC(F)(F)C1. The normalized spacial score (nSPS) is 17.7. The van der Waals surface area contributed by atoms with Crippen LogP contribution in [0.4, 0.5) is 37.8 Å². The Morgan fingerprint density at radius 2 is 1.73 bits per heavy atom. The molecule has 1 aromatic heterocycles. The fraction of sp³-hybridized carbons (Fsp3) is 0.500. The van der Waals surface area contributed by atoms with E-state index in [1.165, 1.54) is 14.0 Å². The first-order chi connectivity index (χ1) is 19.0. The van der Waals surface area contributed by atoms with Crippen LogP contribution < -0.4 is 20.5 Å². The maximum Gasteiger partial charge on any atom is 0.419 e. The molecule has 7 nitrogen and oxygen atoms in total. The Balaban J connectivity index is 1.71. The van der Waals surface area contributed by atoms with Crippen LogP contribution in [0.25, 0.3) is 10.9 Å². The van der Waals surface area contributed by atoms with Crippen LogP contribution in [0.5, 0.6) is 11.5 Å². The summed E-state index contributed by atoms with van der Waals surface area (Å²) >= 11 is 0. The maximum atomic E-state index is 14.9. The van der Waals surface area contributed by atoms with Crippen molar-refractivity contribution in [2.45, 2.75) is 57.8 Å². The third-order valence-corrected chi connectivity index (χ3v) is 7.74. The molecule has 2 aromatic carbocycles. The Labute approximate surface area is 234 Å². The van der Waals surface area contributed by atoms with E-state index in [-0.39, 0.29) is 48.3 Å². The average molecular weight is 586 g/mol. The Bertz CT molecular complexity index is 1440. The van der Waals surface area contributed by atoms with Crippen LogP contribution in [0, 0.1) is 18.2 Å². The molecule has 1 saturated carbocycles. The number of nitrogens with two attached hydrogens (primary N) is 1. The van der Waals surface area contributed by atoms with Gasteiger partial charge in [-0.1, -0.05) is 0 Å². The number of benzene rings is 2. The third-order valence-electron chi connectivity index (χ3n) is 7.74. The van der Waals surface area contributed by atoms with Crippen molar-refractivity contribution in [3.8, 4) is 11.5 Å². The number of nitrogen functional groups attached to an aromatic ring is 1. The molecule has 3 aromatic rings. The van der Waals surface area contributed by atoms with Gasteiger partial charge in [0.15, 0.2) is 11.5 Å². The number of hydrogen-bond acceptors (Lipinski definition) is 7. The number of nitrogens with one attached hydrogen (secondary N) is 1. The highest BCUT2D eigenvalue weighted by Crippen LogP contribution is 2.55. The molecule has 0 aliphatic heterocycles. The van der Waals surface area contributed by atoms with E-state index in [0.717, 1.165) is 6.07 Å². The molecule has 41 heavy (non-hydrogen) atoms. The zero-order valence-corrected chi connectivity index (χ0v) is 23.6. The molecular formula is C28H33F6N5O2. The van der Waals surface area contributed by atoms with Crippen molar-refractivity contribution in [1.82, 2.24) is 14.9 Å². The summed E-state index contributed by atoms with van der Waals surface area (Å²) in [6.07, 6.45) is -5.58. The lowest BCUT2D eigenvalue weighted by Gasteiger charge is -2.52. The first kappa shape index (κ1) is 30.5. The summed E-state index contributed by atoms with van der Waals surface area (Å²) in [4.78, 5) is 10.7. The summed E-state index contributed by atoms with van der Waals surface area (Å²) in [5.41, 5.74) is 3.29. The van der Waals surface area contributed by atoms with Crippen LogP contribution in [0.1, 0.15) is 49.7 Å². The smallest absolute Gasteiger partial charge is 0.419 e. The lowest BCUT2D eigenvalue weighted by Crippen LogP contribution is -2.59. The largest absolute Gasteiger partial charge is 0.493 e. The first-order valence-corrected chi connectivity index (χ1v) is 12.9. The number of ether oxygens (including phenoxy) is 2. The third kappa shape index (κ3) is 6.09. The van der Waals surface area contributed by atoms with Gasteiger partial charge in [0.25, 0.3) is 0 Å². The van der Waals surface area contributed by atoms with Gasteiger partial charge in [-0.15, -0.1) is 0 Å². The molecule has 4 rings (SSSR count). The molecule has 0 unspecified atom stereocenters. The topological polar surface area (TPSA) is 85.5 Å². The van der Waals surface area contributed by atoms with Gasteiger partial charge >= 0.3 is 6.18 Å². The summed E-state index contributed by atoms with van der Waals surface area (Å²) < 4.78 is 94.7. The minimum absolute atomic E-state index is 0.00951. The van der Waals surface area contributed by atoms with Gasteiger partial charge in [0.05, 0.1) is 30.8 Å². The van der Waals surface area contributed by atoms with E-state index in [9.17, 15) is 26.3 Å². The number of aromatic nitrogens is 2. The van der Waals surface area contributed by atoms with Crippen molar-refractivity contribution in [3.63, 3.8) is 0 Å². The molecule has 0 bridgehead atoms. The van der Waals surface area contributed by atoms with Crippen molar-refractivity contribution >= 4 is 22.4 Å². The van der Waals surface area contributed by atoms with E-state index in [1.807, 2.05) is 25.9 Å². The van der Waals surface area contributed by atoms with E-state index in [0.29, 0.717) is 28.5 Å². The van der Waals surface area contributed by atoms with E-state index in [1.54, 1.807) is 19.1 Å². The van der Waals surface area contributed by atoms with E-state index in [4.69, 9.17) is 15.2 Å². The van der Waals surface area contributed by atoms with Crippen LogP contribution in [-0.2, 0) is 6.18 Å². The van der Waals surface area contributed by atoms with Crippen molar-refractivity contribution in [3.05, 3.63) is 47.0 Å². The number of methoxy groups -OCH3 is 1. The summed E-state index contributed by atoms with van der Waals surface area (Å²) in [7, 11) is 5.07. The summed E-state index contributed by atoms with van der Waals surface area (Å²) in [6, 6.07) is 3.67. The summed E-state index contributed by atoms with van der Waals surface area (Å²) in [6.45, 7) is 4.96. The molecule has 13 heteroatoms. The van der Waals surface area contributed by atoms with Crippen molar-refractivity contribution in [1.29, 1.82) is 0 Å². The fourth-order valence-electron chi connectivity index (χ4n) is 5.38. The van der Waals surface area contributed by atoms with Gasteiger partial charge < -0.3 is 25.4 Å². The Morgan fingerprint density at radius 3 is 2.29 bits per heavy atom. The zero-order chi connectivity index (χ0) is 30.5. The molecule has 1 fully saturated rings. The molecule has 0 spiro atoms. The number of nitrogens with zero attached hydrogens (tertiary/aromatic N) is 3. The van der Waals surface area contributed by atoms with Crippen molar-refractivity contribution in [2.24, 2.45) is 5.41 Å². The van der Waals surface area contributed by atoms with Gasteiger partial charge in [0, 0.05) is 47.0 Å². The van der Waals surface area contributed by atoms with Gasteiger partial charge in [0.2, 0.25) is 5.92 Å². The average Bonchev–Trinajstić information content (AvgIpc) is 2.85. The minimum Gasteiger partial charge on any atom is -0.493 e. The standard InChI is InChI=1S/C28H33F6N5O2/c1-14(18-7-17(35)8-20(24(18)29)28(32,33)34)36-25-19-9-23(22(40-6)10-21(19)37-16(3)38-25)41-13-26(15(2)39(4)5)11-27(30,31)12-26/h7-10,14-15H,11-13,35H2,1-6H3,(H,36,37,38)/t14-,15-/m1/s1. The minimum atomic E-state index is -4.93. The van der Waals surface area contributed by atoms with Gasteiger partial charge in [0.1, 0.15) is 17.5 Å². The molecule has 1 aliphatic rings. The Kier molecular flexibility index (Phi) is 7.98. The number of aryl methyl sites for hydroxylation is 1. The fourth-order valence-corrected chi connectivity index (χ4v) is 5.38. The van der Waals surface area contributed by atoms with Crippen LogP contribution in [0.15, 0.2) is 24.3 Å². The van der Waals surface area contributed by atoms with Gasteiger partial charge in [-0.2, -0.15) is 13.2 Å². The van der Waals surface area contributed by atoms with Gasteiger partial charge in [-0.3, -0.25) is 0 Å². The zero-order valence-electron chi connectivity index (χ0n) is 23.6. The molecule has 0 saturated heterocycles. The van der Waals surface area contributed by atoms with Crippen molar-refractivity contribution < 1.29 is 35.8 Å². The number of fused-ring (bicyclic) bond motifs is 1. The molecule has 0 radical (unpaired) electrons. The predicted octanol–water partition coefficient (Wildman–Crippen LogP) is 6.60. The highest BCUT2D eigenvalue weighted by atomic mass is 19.4. The number of rotatable bonds is 9. The van der Waals surface area contributed by atoms with E-state index in [2.05, 4.69) is 15.3 Å². The van der Waals surface area contributed by atoms with Gasteiger partial charge in [-0.25, -0.2) is 23.1 Å². The number of hydrogen-bond donors (Lipinski definition) is 2. The molecule has 1 aliphatic carbocycles. The molecule has 3 N–H and O–H groups in total. The quantitative estimate of drug-likeness (QED) is 0.216. The van der Waals surface area contributed by atoms with Gasteiger partial charge in [-0.05, 0) is 53.1 Å². The Hall–Kier alpha value is -3.48. The molecular weight excluding hydrogens is 552 g/mol. The van der Waals surface area contributed by atoms with Crippen molar-refractivity contribution in [2.75, 3.05) is 38.9 Å². The second-order valence-corrected chi connectivity index (χ2v) is 11.0. The molecule has 1 heterocycles. The van der Waals surface area contributed by atoms with E-state index >= 15 is 0 Å². The maximum absolute atomic E-state index is 14.9. The summed E-state index contributed by atoms with van der Waals surface area (Å²) in [5, 5.41) is 3.39. The van der Waals surface area contributed by atoms with E-state index < -0.39 is 34.9 Å². The predicted molar refractivity (Wildman–Crippen MR) is 144 cm³/mol. The van der Waals surface area contributed by atoms with Crippen LogP contribution >= 0.6 is 0 Å². The number of alkyl halides is 5. The molecule has 2 atom stereocenters. The lowest BCUT2D eigenvalue weighted by atomic mass is 9.62.